The number of para-hydroxylation sites is 2. The summed E-state index contributed by atoms with van der Waals surface area (Å²) < 4.78 is 0. The van der Waals surface area contributed by atoms with Gasteiger partial charge < -0.3 is 10.6 Å². The number of nitrogens with one attached hydrogen (secondary N) is 2. The molecule has 0 aliphatic carbocycles. The van der Waals surface area contributed by atoms with E-state index in [1.807, 2.05) is 0 Å². The molecule has 3 aromatic rings. The number of halogens is 3. The number of benzene rings is 3. The third-order valence-electron chi connectivity index (χ3n) is 4.64. The van der Waals surface area contributed by atoms with Crippen LogP contribution < -0.4 is 15.5 Å². The highest BCUT2D eigenvalue weighted by molar-refractivity contribution is 6.53. The molecule has 0 radical (unpaired) electrons. The molecule has 1 heterocycles. The summed E-state index contributed by atoms with van der Waals surface area (Å²) in [5.74, 6) is -1.74. The summed E-state index contributed by atoms with van der Waals surface area (Å²) in [5, 5.41) is 5.93. The van der Waals surface area contributed by atoms with E-state index in [0.717, 1.165) is 4.90 Å². The highest BCUT2D eigenvalue weighted by Gasteiger charge is 2.39. The third kappa shape index (κ3) is 4.21. The van der Waals surface area contributed by atoms with Crippen LogP contribution in [0, 0.1) is 0 Å². The van der Waals surface area contributed by atoms with Gasteiger partial charge in [-0.1, -0.05) is 65.1 Å². The lowest BCUT2D eigenvalue weighted by atomic mass is 10.1. The molecule has 1 aliphatic heterocycles. The summed E-state index contributed by atoms with van der Waals surface area (Å²) in [6.07, 6.45) is 0. The minimum Gasteiger partial charge on any atom is -0.350 e. The number of hydrogen-bond acceptors (Lipinski definition) is 4. The maximum Gasteiger partial charge on any atom is 0.283 e. The average Bonchev–Trinajstić information content (AvgIpc) is 2.99. The second kappa shape index (κ2) is 9.04. The monoisotopic (exact) mass is 485 g/mol. The number of carbonyl (C=O) groups is 3. The minimum atomic E-state index is -0.695. The lowest BCUT2D eigenvalue weighted by Gasteiger charge is -2.16. The Morgan fingerprint density at radius 3 is 2.19 bits per heavy atom. The van der Waals surface area contributed by atoms with Crippen LogP contribution in [-0.2, 0) is 9.59 Å². The van der Waals surface area contributed by atoms with Crippen molar-refractivity contribution in [3.05, 3.63) is 99.1 Å². The van der Waals surface area contributed by atoms with Crippen LogP contribution in [-0.4, -0.2) is 17.7 Å². The minimum absolute atomic E-state index is 0.111. The van der Waals surface area contributed by atoms with Crippen LogP contribution >= 0.6 is 34.8 Å². The van der Waals surface area contributed by atoms with Crippen LogP contribution in [0.15, 0.2) is 83.5 Å². The van der Waals surface area contributed by atoms with Crippen molar-refractivity contribution in [2.45, 2.75) is 0 Å². The number of imide groups is 1. The molecule has 0 bridgehead atoms. The van der Waals surface area contributed by atoms with Gasteiger partial charge in [-0.25, -0.2) is 4.90 Å². The van der Waals surface area contributed by atoms with E-state index in [0.29, 0.717) is 22.0 Å². The first-order valence-corrected chi connectivity index (χ1v) is 10.5. The quantitative estimate of drug-likeness (QED) is 0.455. The fraction of sp³-hybridized carbons (Fsp3) is 0. The molecule has 4 rings (SSSR count). The second-order valence-corrected chi connectivity index (χ2v) is 7.92. The predicted molar refractivity (Wildman–Crippen MR) is 126 cm³/mol. The molecule has 9 heteroatoms. The SMILES string of the molecule is O=C(Nc1ccccc1Cl)c1cccc(NC2=C(Cl)C(=O)N(c3ccccc3Cl)C2=O)c1. The van der Waals surface area contributed by atoms with Crippen molar-refractivity contribution in [2.24, 2.45) is 0 Å². The molecule has 0 saturated carbocycles. The van der Waals surface area contributed by atoms with Crippen molar-refractivity contribution in [3.8, 4) is 0 Å². The summed E-state index contributed by atoms with van der Waals surface area (Å²) in [6.45, 7) is 0. The molecule has 1 aliphatic rings. The second-order valence-electron chi connectivity index (χ2n) is 6.73. The summed E-state index contributed by atoms with van der Waals surface area (Å²) in [7, 11) is 0. The molecule has 32 heavy (non-hydrogen) atoms. The molecule has 0 saturated heterocycles. The first kappa shape index (κ1) is 21.9. The summed E-state index contributed by atoms with van der Waals surface area (Å²) >= 11 is 18.4. The van der Waals surface area contributed by atoms with Crippen LogP contribution in [0.2, 0.25) is 10.0 Å². The van der Waals surface area contributed by atoms with Crippen LogP contribution in [0.25, 0.3) is 0 Å². The topological polar surface area (TPSA) is 78.5 Å². The van der Waals surface area contributed by atoms with E-state index in [4.69, 9.17) is 34.8 Å². The van der Waals surface area contributed by atoms with Gasteiger partial charge in [0, 0.05) is 11.3 Å². The van der Waals surface area contributed by atoms with Gasteiger partial charge in [-0.3, -0.25) is 14.4 Å². The Morgan fingerprint density at radius 1 is 0.781 bits per heavy atom. The van der Waals surface area contributed by atoms with Crippen molar-refractivity contribution in [1.29, 1.82) is 0 Å². The lowest BCUT2D eigenvalue weighted by Crippen LogP contribution is -2.32. The molecular formula is C23H14Cl3N3O3. The molecule has 0 aromatic heterocycles. The summed E-state index contributed by atoms with van der Waals surface area (Å²) in [5.41, 5.74) is 1.29. The Balaban J connectivity index is 1.56. The zero-order valence-corrected chi connectivity index (χ0v) is 18.5. The number of nitrogens with zero attached hydrogens (tertiary/aromatic N) is 1. The third-order valence-corrected chi connectivity index (χ3v) is 5.64. The van der Waals surface area contributed by atoms with E-state index >= 15 is 0 Å². The molecule has 0 atom stereocenters. The normalized spacial score (nSPS) is 13.5. The van der Waals surface area contributed by atoms with E-state index in [1.54, 1.807) is 66.7 Å². The van der Waals surface area contributed by atoms with Crippen LogP contribution in [0.3, 0.4) is 0 Å². The smallest absolute Gasteiger partial charge is 0.283 e. The van der Waals surface area contributed by atoms with Crippen molar-refractivity contribution in [2.75, 3.05) is 15.5 Å². The number of anilines is 3. The Labute approximate surface area is 198 Å². The van der Waals surface area contributed by atoms with E-state index in [1.165, 1.54) is 6.07 Å². The Kier molecular flexibility index (Phi) is 6.19. The van der Waals surface area contributed by atoms with Gasteiger partial charge in [0.15, 0.2) is 0 Å². The van der Waals surface area contributed by atoms with Crippen molar-refractivity contribution in [3.63, 3.8) is 0 Å². The fourth-order valence-corrected chi connectivity index (χ4v) is 3.72. The van der Waals surface area contributed by atoms with Crippen molar-refractivity contribution in [1.82, 2.24) is 0 Å². The summed E-state index contributed by atoms with van der Waals surface area (Å²) in [6, 6.07) is 19.7. The fourth-order valence-electron chi connectivity index (χ4n) is 3.10. The number of carbonyl (C=O) groups excluding carboxylic acids is 3. The molecule has 3 amide bonds. The highest BCUT2D eigenvalue weighted by atomic mass is 35.5. The van der Waals surface area contributed by atoms with Crippen molar-refractivity contribution >= 4 is 69.6 Å². The number of rotatable bonds is 5. The van der Waals surface area contributed by atoms with E-state index < -0.39 is 17.7 Å². The standard InChI is InChI=1S/C23H14Cl3N3O3/c24-15-8-1-3-10-17(15)28-21(30)13-6-5-7-14(12-13)27-20-19(26)22(31)29(23(20)32)18-11-4-2-9-16(18)25/h1-12,27H,(H,28,30). The Hall–Kier alpha value is -3.32. The number of hydrogen-bond donors (Lipinski definition) is 2. The first-order chi connectivity index (χ1) is 15.4. The molecule has 0 unspecified atom stereocenters. The molecule has 0 spiro atoms. The van der Waals surface area contributed by atoms with Crippen LogP contribution in [0.1, 0.15) is 10.4 Å². The Morgan fingerprint density at radius 2 is 1.47 bits per heavy atom. The van der Waals surface area contributed by atoms with Gasteiger partial charge in [-0.15, -0.1) is 0 Å². The van der Waals surface area contributed by atoms with E-state index in [9.17, 15) is 14.4 Å². The van der Waals surface area contributed by atoms with Gasteiger partial charge in [0.2, 0.25) is 0 Å². The van der Waals surface area contributed by atoms with Gasteiger partial charge in [0.1, 0.15) is 10.7 Å². The molecule has 6 nitrogen and oxygen atoms in total. The molecule has 160 valence electrons. The number of amides is 3. The van der Waals surface area contributed by atoms with E-state index in [-0.39, 0.29) is 21.4 Å². The summed E-state index contributed by atoms with van der Waals surface area (Å²) in [4.78, 5) is 39.1. The molecule has 3 aromatic carbocycles. The van der Waals surface area contributed by atoms with E-state index in [2.05, 4.69) is 10.6 Å². The van der Waals surface area contributed by atoms with Crippen LogP contribution in [0.5, 0.6) is 0 Å². The zero-order valence-electron chi connectivity index (χ0n) is 16.2. The maximum atomic E-state index is 12.9. The average molecular weight is 487 g/mol. The van der Waals surface area contributed by atoms with Gasteiger partial charge >= 0.3 is 0 Å². The van der Waals surface area contributed by atoms with Gasteiger partial charge in [0.05, 0.1) is 21.4 Å². The molecular weight excluding hydrogens is 473 g/mol. The van der Waals surface area contributed by atoms with Gasteiger partial charge in [-0.2, -0.15) is 0 Å². The van der Waals surface area contributed by atoms with Gasteiger partial charge in [-0.05, 0) is 42.5 Å². The highest BCUT2D eigenvalue weighted by Crippen LogP contribution is 2.34. The largest absolute Gasteiger partial charge is 0.350 e. The van der Waals surface area contributed by atoms with Crippen LogP contribution in [0.4, 0.5) is 17.1 Å². The van der Waals surface area contributed by atoms with Gasteiger partial charge in [0.25, 0.3) is 17.7 Å². The maximum absolute atomic E-state index is 12.9. The first-order valence-electron chi connectivity index (χ1n) is 9.33. The molecule has 0 fully saturated rings. The zero-order chi connectivity index (χ0) is 22.8. The lowest BCUT2D eigenvalue weighted by molar-refractivity contribution is -0.120. The molecule has 2 N–H and O–H groups in total. The predicted octanol–water partition coefficient (Wildman–Crippen LogP) is 5.68. The Bertz CT molecular complexity index is 1290. The van der Waals surface area contributed by atoms with Crippen molar-refractivity contribution < 1.29 is 14.4 Å².